The van der Waals surface area contributed by atoms with E-state index < -0.39 is 28.3 Å². The van der Waals surface area contributed by atoms with E-state index in [1.54, 1.807) is 13.8 Å². The molecule has 7 nitrogen and oxygen atoms in total. The van der Waals surface area contributed by atoms with Crippen LogP contribution in [0.4, 0.5) is 10.5 Å². The number of sulfonamides is 1. The van der Waals surface area contributed by atoms with Gasteiger partial charge in [-0.1, -0.05) is 12.1 Å². The van der Waals surface area contributed by atoms with E-state index in [1.807, 2.05) is 0 Å². The zero-order valence-electron chi connectivity index (χ0n) is 17.8. The lowest BCUT2D eigenvalue weighted by atomic mass is 9.93. The van der Waals surface area contributed by atoms with Crippen molar-refractivity contribution < 1.29 is 23.4 Å². The number of anilines is 1. The Balaban J connectivity index is 1.59. The zero-order chi connectivity index (χ0) is 22.4. The molecule has 4 N–H and O–H groups in total. The van der Waals surface area contributed by atoms with Gasteiger partial charge in [0.1, 0.15) is 0 Å². The van der Waals surface area contributed by atoms with Gasteiger partial charge >= 0.3 is 6.03 Å². The monoisotopic (exact) mass is 444 g/mol. The average molecular weight is 445 g/mol. The van der Waals surface area contributed by atoms with Crippen molar-refractivity contribution in [1.29, 1.82) is 0 Å². The van der Waals surface area contributed by atoms with E-state index in [1.165, 1.54) is 29.3 Å². The second-order valence-electron chi connectivity index (χ2n) is 8.83. The molecule has 2 aliphatic rings. The molecule has 2 aromatic carbocycles. The predicted molar refractivity (Wildman–Crippen MR) is 117 cm³/mol. The minimum Gasteiger partial charge on any atom is -0.392 e. The first-order chi connectivity index (χ1) is 14.6. The Hall–Kier alpha value is -2.42. The number of urea groups is 1. The van der Waals surface area contributed by atoms with Gasteiger partial charge in [0.25, 0.3) is 10.0 Å². The van der Waals surface area contributed by atoms with Crippen LogP contribution in [-0.4, -0.2) is 24.7 Å². The van der Waals surface area contributed by atoms with E-state index in [4.69, 9.17) is 0 Å². The summed E-state index contributed by atoms with van der Waals surface area (Å²) in [6.45, 7) is 2.67. The molecule has 166 valence electrons. The third-order valence-corrected chi connectivity index (χ3v) is 7.48. The average Bonchev–Trinajstić information content (AvgIpc) is 3.35. The van der Waals surface area contributed by atoms with Crippen molar-refractivity contribution in [3.05, 3.63) is 57.6 Å². The number of carbonyl (C=O) groups is 1. The number of rotatable bonds is 5. The molecule has 2 aliphatic carbocycles. The van der Waals surface area contributed by atoms with Gasteiger partial charge in [0.2, 0.25) is 0 Å². The highest BCUT2D eigenvalue weighted by atomic mass is 32.2. The van der Waals surface area contributed by atoms with E-state index in [9.17, 15) is 23.4 Å². The fourth-order valence-corrected chi connectivity index (χ4v) is 5.71. The molecule has 0 radical (unpaired) electrons. The van der Waals surface area contributed by atoms with Crippen LogP contribution in [0.2, 0.25) is 0 Å². The first kappa shape index (κ1) is 21.8. The number of aliphatic hydroxyl groups is 2. The number of aliphatic hydroxyl groups excluding tert-OH is 1. The quantitative estimate of drug-likeness (QED) is 0.566. The van der Waals surface area contributed by atoms with Crippen molar-refractivity contribution >= 4 is 21.7 Å². The van der Waals surface area contributed by atoms with Gasteiger partial charge in [0.15, 0.2) is 0 Å². The molecule has 2 amide bonds. The summed E-state index contributed by atoms with van der Waals surface area (Å²) in [5, 5.41) is 22.7. The van der Waals surface area contributed by atoms with E-state index in [-0.39, 0.29) is 10.5 Å². The van der Waals surface area contributed by atoms with Crippen LogP contribution in [0.5, 0.6) is 0 Å². The molecule has 0 aliphatic heterocycles. The molecule has 0 fully saturated rings. The van der Waals surface area contributed by atoms with Gasteiger partial charge in [-0.25, -0.2) is 17.9 Å². The Labute approximate surface area is 182 Å². The van der Waals surface area contributed by atoms with Crippen molar-refractivity contribution in [2.24, 2.45) is 0 Å². The maximum atomic E-state index is 12.8. The van der Waals surface area contributed by atoms with E-state index >= 15 is 0 Å². The largest absolute Gasteiger partial charge is 0.392 e. The standard InChI is InChI=1S/C23H28N2O5S/c1-23(2,28)20-10-9-17(12-16(20)13-26)31(29,30)25-22(27)24-21-18-7-3-5-14(18)11-15-6-4-8-19(15)21/h9-12,26,28H,3-8,13H2,1-2H3,(H2,24,25,27). The molecule has 2 aromatic rings. The summed E-state index contributed by atoms with van der Waals surface area (Å²) < 4.78 is 27.7. The van der Waals surface area contributed by atoms with Gasteiger partial charge in [0, 0.05) is 5.69 Å². The number of fused-ring (bicyclic) bond motifs is 2. The number of carbonyl (C=O) groups excluding carboxylic acids is 1. The molecule has 0 unspecified atom stereocenters. The number of amides is 2. The second kappa shape index (κ2) is 7.93. The van der Waals surface area contributed by atoms with Crippen molar-refractivity contribution in [2.75, 3.05) is 5.32 Å². The third-order valence-electron chi connectivity index (χ3n) is 6.16. The topological polar surface area (TPSA) is 116 Å². The highest BCUT2D eigenvalue weighted by Crippen LogP contribution is 2.38. The van der Waals surface area contributed by atoms with Crippen LogP contribution in [0.3, 0.4) is 0 Å². The van der Waals surface area contributed by atoms with Crippen LogP contribution in [0, 0.1) is 0 Å². The van der Waals surface area contributed by atoms with Crippen LogP contribution in [0.1, 0.15) is 60.1 Å². The molecule has 4 rings (SSSR count). The first-order valence-corrected chi connectivity index (χ1v) is 12.1. The van der Waals surface area contributed by atoms with Gasteiger partial charge < -0.3 is 15.5 Å². The molecule has 0 saturated heterocycles. The molecular formula is C23H28N2O5S. The van der Waals surface area contributed by atoms with Crippen LogP contribution < -0.4 is 10.0 Å². The summed E-state index contributed by atoms with van der Waals surface area (Å²) in [4.78, 5) is 12.5. The van der Waals surface area contributed by atoms with Gasteiger partial charge in [0.05, 0.1) is 17.1 Å². The second-order valence-corrected chi connectivity index (χ2v) is 10.5. The van der Waals surface area contributed by atoms with Crippen molar-refractivity contribution in [2.45, 2.75) is 69.5 Å². The smallest absolute Gasteiger partial charge is 0.333 e. The Bertz CT molecular complexity index is 1120. The fourth-order valence-electron chi connectivity index (χ4n) is 4.75. The third kappa shape index (κ3) is 4.20. The predicted octanol–water partition coefficient (Wildman–Crippen LogP) is 2.89. The van der Waals surface area contributed by atoms with Gasteiger partial charge in [-0.05, 0) is 97.9 Å². The van der Waals surface area contributed by atoms with E-state index in [0.717, 1.165) is 55.3 Å². The highest BCUT2D eigenvalue weighted by molar-refractivity contribution is 7.90. The molecule has 8 heteroatoms. The molecule has 0 atom stereocenters. The molecule has 0 bridgehead atoms. The molecule has 0 saturated carbocycles. The number of hydrogen-bond donors (Lipinski definition) is 4. The minimum absolute atomic E-state index is 0.150. The van der Waals surface area contributed by atoms with Crippen molar-refractivity contribution in [3.8, 4) is 0 Å². The van der Waals surface area contributed by atoms with Gasteiger partial charge in [-0.3, -0.25) is 0 Å². The fraction of sp³-hybridized carbons (Fsp3) is 0.435. The molecular weight excluding hydrogens is 416 g/mol. The van der Waals surface area contributed by atoms with Crippen LogP contribution >= 0.6 is 0 Å². The summed E-state index contributed by atoms with van der Waals surface area (Å²) in [5.41, 5.74) is 4.96. The summed E-state index contributed by atoms with van der Waals surface area (Å²) in [6.07, 6.45) is 5.78. The lowest BCUT2D eigenvalue weighted by Gasteiger charge is -2.22. The lowest BCUT2D eigenvalue weighted by molar-refractivity contribution is 0.0758. The van der Waals surface area contributed by atoms with Crippen LogP contribution in [0.25, 0.3) is 0 Å². The Kier molecular flexibility index (Phi) is 5.57. The summed E-state index contributed by atoms with van der Waals surface area (Å²) in [6, 6.07) is 5.49. The highest BCUT2D eigenvalue weighted by Gasteiger charge is 2.27. The summed E-state index contributed by atoms with van der Waals surface area (Å²) in [5.74, 6) is 0. The van der Waals surface area contributed by atoms with Crippen LogP contribution in [-0.2, 0) is 47.9 Å². The Morgan fingerprint density at radius 2 is 1.65 bits per heavy atom. The number of nitrogens with one attached hydrogen (secondary N) is 2. The van der Waals surface area contributed by atoms with Gasteiger partial charge in [-0.2, -0.15) is 0 Å². The zero-order valence-corrected chi connectivity index (χ0v) is 18.6. The van der Waals surface area contributed by atoms with Gasteiger partial charge in [-0.15, -0.1) is 0 Å². The molecule has 0 spiro atoms. The number of hydrogen-bond acceptors (Lipinski definition) is 5. The van der Waals surface area contributed by atoms with E-state index in [2.05, 4.69) is 16.1 Å². The maximum absolute atomic E-state index is 12.8. The van der Waals surface area contributed by atoms with Crippen molar-refractivity contribution in [1.82, 2.24) is 4.72 Å². The summed E-state index contributed by atoms with van der Waals surface area (Å²) in [7, 11) is -4.16. The first-order valence-electron chi connectivity index (χ1n) is 10.6. The van der Waals surface area contributed by atoms with E-state index in [0.29, 0.717) is 5.56 Å². The molecule has 31 heavy (non-hydrogen) atoms. The SMILES string of the molecule is CC(C)(O)c1ccc(S(=O)(=O)NC(=O)Nc2c3c(cc4c2CCC4)CCC3)cc1CO. The maximum Gasteiger partial charge on any atom is 0.333 e. The number of aryl methyl sites for hydroxylation is 2. The normalized spacial score (nSPS) is 15.5. The minimum atomic E-state index is -4.16. The number of benzene rings is 2. The molecule has 0 heterocycles. The molecule has 0 aromatic heterocycles. The lowest BCUT2D eigenvalue weighted by Crippen LogP contribution is -2.35. The van der Waals surface area contributed by atoms with Crippen LogP contribution in [0.15, 0.2) is 29.2 Å². The summed E-state index contributed by atoms with van der Waals surface area (Å²) >= 11 is 0. The Morgan fingerprint density at radius 1 is 1.03 bits per heavy atom. The van der Waals surface area contributed by atoms with Crippen molar-refractivity contribution in [3.63, 3.8) is 0 Å². The Morgan fingerprint density at radius 3 is 2.19 bits per heavy atom.